The van der Waals surface area contributed by atoms with Crippen molar-refractivity contribution in [1.82, 2.24) is 9.97 Å². The van der Waals surface area contributed by atoms with Gasteiger partial charge < -0.3 is 4.74 Å². The highest BCUT2D eigenvalue weighted by atomic mass is 35.5. The lowest BCUT2D eigenvalue weighted by Gasteiger charge is -2.14. The number of ether oxygens (including phenoxy) is 1. The summed E-state index contributed by atoms with van der Waals surface area (Å²) < 4.78 is 5.22. The summed E-state index contributed by atoms with van der Waals surface area (Å²) in [4.78, 5) is 8.88. The van der Waals surface area contributed by atoms with Gasteiger partial charge in [-0.05, 0) is 30.9 Å². The molecule has 1 aliphatic rings. The van der Waals surface area contributed by atoms with Gasteiger partial charge in [-0.25, -0.2) is 9.97 Å². The highest BCUT2D eigenvalue weighted by molar-refractivity contribution is 6.34. The Morgan fingerprint density at radius 2 is 1.76 bits per heavy atom. The fourth-order valence-electron chi connectivity index (χ4n) is 2.86. The van der Waals surface area contributed by atoms with Gasteiger partial charge in [0.1, 0.15) is 16.1 Å². The average Bonchev–Trinajstić information content (AvgIpc) is 3.00. The Hall–Kier alpha value is -1.32. The number of aromatic nitrogens is 2. The van der Waals surface area contributed by atoms with Gasteiger partial charge >= 0.3 is 0 Å². The van der Waals surface area contributed by atoms with Crippen LogP contribution in [0.2, 0.25) is 10.3 Å². The second kappa shape index (κ2) is 6.20. The Morgan fingerprint density at radius 3 is 2.38 bits per heavy atom. The lowest BCUT2D eigenvalue weighted by molar-refractivity contribution is 0.415. The predicted octanol–water partition coefficient (Wildman–Crippen LogP) is 5.12. The Morgan fingerprint density at radius 1 is 1.10 bits per heavy atom. The summed E-state index contributed by atoms with van der Waals surface area (Å²) in [6.45, 7) is 0. The first-order valence-electron chi connectivity index (χ1n) is 7.06. The zero-order valence-corrected chi connectivity index (χ0v) is 13.3. The maximum absolute atomic E-state index is 6.37. The molecule has 0 bridgehead atoms. The summed E-state index contributed by atoms with van der Waals surface area (Å²) in [5.41, 5.74) is 1.75. The first kappa shape index (κ1) is 14.6. The molecule has 0 saturated heterocycles. The number of halogens is 2. The molecule has 0 amide bonds. The van der Waals surface area contributed by atoms with E-state index in [9.17, 15) is 0 Å². The largest absolute Gasteiger partial charge is 0.497 e. The molecule has 1 fully saturated rings. The Balaban J connectivity index is 2.01. The SMILES string of the molecule is COc1cccc(-c2nc(Cl)c(C3CCCC3)c(Cl)n2)c1. The normalized spacial score (nSPS) is 15.4. The minimum absolute atomic E-state index is 0.393. The molecule has 21 heavy (non-hydrogen) atoms. The van der Waals surface area contributed by atoms with Crippen molar-refractivity contribution in [3.05, 3.63) is 40.1 Å². The summed E-state index contributed by atoms with van der Waals surface area (Å²) in [5.74, 6) is 1.68. The van der Waals surface area contributed by atoms with E-state index in [0.29, 0.717) is 22.0 Å². The van der Waals surface area contributed by atoms with Gasteiger partial charge in [0.05, 0.1) is 7.11 Å². The number of benzene rings is 1. The zero-order valence-electron chi connectivity index (χ0n) is 11.8. The van der Waals surface area contributed by atoms with E-state index < -0.39 is 0 Å². The van der Waals surface area contributed by atoms with Crippen molar-refractivity contribution in [2.75, 3.05) is 7.11 Å². The maximum atomic E-state index is 6.37. The average molecular weight is 323 g/mol. The number of rotatable bonds is 3. The third-order valence-electron chi connectivity index (χ3n) is 3.94. The molecule has 1 heterocycles. The van der Waals surface area contributed by atoms with E-state index in [0.717, 1.165) is 29.7 Å². The van der Waals surface area contributed by atoms with Crippen molar-refractivity contribution in [2.24, 2.45) is 0 Å². The maximum Gasteiger partial charge on any atom is 0.162 e. The number of hydrogen-bond donors (Lipinski definition) is 0. The van der Waals surface area contributed by atoms with Gasteiger partial charge in [-0.2, -0.15) is 0 Å². The van der Waals surface area contributed by atoms with Crippen LogP contribution < -0.4 is 4.74 Å². The molecule has 0 radical (unpaired) electrons. The first-order chi connectivity index (χ1) is 10.2. The number of hydrogen-bond acceptors (Lipinski definition) is 3. The van der Waals surface area contributed by atoms with Crippen LogP contribution in [0, 0.1) is 0 Å². The van der Waals surface area contributed by atoms with Crippen LogP contribution in [0.1, 0.15) is 37.2 Å². The third-order valence-corrected chi connectivity index (χ3v) is 4.52. The van der Waals surface area contributed by atoms with Crippen LogP contribution in [0.15, 0.2) is 24.3 Å². The highest BCUT2D eigenvalue weighted by Crippen LogP contribution is 2.40. The summed E-state index contributed by atoms with van der Waals surface area (Å²) in [6.07, 6.45) is 4.66. The van der Waals surface area contributed by atoms with Gasteiger partial charge in [-0.1, -0.05) is 48.2 Å². The van der Waals surface area contributed by atoms with E-state index in [1.807, 2.05) is 24.3 Å². The first-order valence-corrected chi connectivity index (χ1v) is 7.82. The molecule has 0 aliphatic heterocycles. The zero-order chi connectivity index (χ0) is 14.8. The Bertz CT molecular complexity index is 631. The summed E-state index contributed by atoms with van der Waals surface area (Å²) in [5, 5.41) is 0.944. The molecule has 0 N–H and O–H groups in total. The van der Waals surface area contributed by atoms with Crippen molar-refractivity contribution in [1.29, 1.82) is 0 Å². The van der Waals surface area contributed by atoms with Crippen molar-refractivity contribution in [3.63, 3.8) is 0 Å². The van der Waals surface area contributed by atoms with Gasteiger partial charge in [0.25, 0.3) is 0 Å². The molecule has 3 nitrogen and oxygen atoms in total. The molecule has 1 aromatic carbocycles. The van der Waals surface area contributed by atoms with Crippen molar-refractivity contribution < 1.29 is 4.74 Å². The van der Waals surface area contributed by atoms with Gasteiger partial charge in [0, 0.05) is 11.1 Å². The molecule has 3 rings (SSSR count). The summed E-state index contributed by atoms with van der Waals surface area (Å²) in [6, 6.07) is 7.56. The highest BCUT2D eigenvalue weighted by Gasteiger charge is 2.24. The molecule has 2 aromatic rings. The van der Waals surface area contributed by atoms with Crippen LogP contribution in [-0.4, -0.2) is 17.1 Å². The van der Waals surface area contributed by atoms with E-state index in [2.05, 4.69) is 9.97 Å². The van der Waals surface area contributed by atoms with Gasteiger partial charge in [0.15, 0.2) is 5.82 Å². The molecule has 110 valence electrons. The minimum Gasteiger partial charge on any atom is -0.497 e. The molecule has 1 aromatic heterocycles. The fourth-order valence-corrected chi connectivity index (χ4v) is 3.56. The molecule has 0 unspecified atom stereocenters. The van der Waals surface area contributed by atoms with Crippen LogP contribution in [-0.2, 0) is 0 Å². The van der Waals surface area contributed by atoms with Crippen LogP contribution in [0.4, 0.5) is 0 Å². The molecule has 5 heteroatoms. The molecule has 1 saturated carbocycles. The lowest BCUT2D eigenvalue weighted by Crippen LogP contribution is -2.01. The van der Waals surface area contributed by atoms with Crippen molar-refractivity contribution >= 4 is 23.2 Å². The van der Waals surface area contributed by atoms with Crippen LogP contribution in [0.3, 0.4) is 0 Å². The molecular weight excluding hydrogens is 307 g/mol. The predicted molar refractivity (Wildman–Crippen MR) is 85.2 cm³/mol. The van der Waals surface area contributed by atoms with E-state index in [1.165, 1.54) is 12.8 Å². The molecule has 0 atom stereocenters. The quantitative estimate of drug-likeness (QED) is 0.736. The second-order valence-electron chi connectivity index (χ2n) is 5.26. The van der Waals surface area contributed by atoms with Crippen molar-refractivity contribution in [2.45, 2.75) is 31.6 Å². The topological polar surface area (TPSA) is 35.0 Å². The van der Waals surface area contributed by atoms with E-state index in [-0.39, 0.29) is 0 Å². The van der Waals surface area contributed by atoms with E-state index in [4.69, 9.17) is 27.9 Å². The minimum atomic E-state index is 0.393. The van der Waals surface area contributed by atoms with Gasteiger partial charge in [-0.15, -0.1) is 0 Å². The lowest BCUT2D eigenvalue weighted by atomic mass is 10.0. The Kier molecular flexibility index (Phi) is 4.32. The molecule has 1 aliphatic carbocycles. The monoisotopic (exact) mass is 322 g/mol. The molecule has 0 spiro atoms. The fraction of sp³-hybridized carbons (Fsp3) is 0.375. The Labute approximate surface area is 134 Å². The second-order valence-corrected chi connectivity index (χ2v) is 5.97. The molecular formula is C16H16Cl2N2O. The summed E-state index contributed by atoms with van der Waals surface area (Å²) >= 11 is 12.7. The number of methoxy groups -OCH3 is 1. The smallest absolute Gasteiger partial charge is 0.162 e. The summed E-state index contributed by atoms with van der Waals surface area (Å²) in [7, 11) is 1.63. The van der Waals surface area contributed by atoms with Crippen LogP contribution >= 0.6 is 23.2 Å². The van der Waals surface area contributed by atoms with E-state index >= 15 is 0 Å². The van der Waals surface area contributed by atoms with Gasteiger partial charge in [-0.3, -0.25) is 0 Å². The van der Waals surface area contributed by atoms with Crippen LogP contribution in [0.25, 0.3) is 11.4 Å². The van der Waals surface area contributed by atoms with E-state index in [1.54, 1.807) is 7.11 Å². The third kappa shape index (κ3) is 2.99. The van der Waals surface area contributed by atoms with Crippen molar-refractivity contribution in [3.8, 4) is 17.1 Å². The number of nitrogens with zero attached hydrogens (tertiary/aromatic N) is 2. The van der Waals surface area contributed by atoms with Crippen LogP contribution in [0.5, 0.6) is 5.75 Å². The van der Waals surface area contributed by atoms with Gasteiger partial charge in [0.2, 0.25) is 0 Å². The standard InChI is InChI=1S/C16H16Cl2N2O/c1-21-12-8-4-7-11(9-12)16-19-14(17)13(15(18)20-16)10-5-2-3-6-10/h4,7-10H,2-3,5-6H2,1H3.